The van der Waals surface area contributed by atoms with Crippen LogP contribution in [0, 0.1) is 0 Å². The summed E-state index contributed by atoms with van der Waals surface area (Å²) in [6.07, 6.45) is 1.52. The van der Waals surface area contributed by atoms with Gasteiger partial charge in [0.2, 0.25) is 0 Å². The van der Waals surface area contributed by atoms with E-state index >= 15 is 0 Å². The maximum atomic E-state index is 12.1. The van der Waals surface area contributed by atoms with Crippen molar-refractivity contribution in [2.24, 2.45) is 7.05 Å². The average molecular weight is 374 g/mol. The fraction of sp³-hybridized carbons (Fsp3) is 0.389. The second kappa shape index (κ2) is 9.46. The summed E-state index contributed by atoms with van der Waals surface area (Å²) in [7, 11) is 1.49. The van der Waals surface area contributed by atoms with Gasteiger partial charge in [0.25, 0.3) is 11.5 Å². The van der Waals surface area contributed by atoms with Crippen molar-refractivity contribution in [3.63, 3.8) is 0 Å². The molecule has 2 aromatic rings. The molecule has 0 spiro atoms. The lowest BCUT2D eigenvalue weighted by molar-refractivity contribution is -0.147. The Labute approximate surface area is 155 Å². The number of carbonyl (C=O) groups is 3. The lowest BCUT2D eigenvalue weighted by Gasteiger charge is -2.09. The van der Waals surface area contributed by atoms with E-state index in [2.05, 4.69) is 15.7 Å². The minimum Gasteiger partial charge on any atom is -0.455 e. The van der Waals surface area contributed by atoms with Gasteiger partial charge in [-0.1, -0.05) is 31.5 Å². The Hall–Kier alpha value is -3.23. The van der Waals surface area contributed by atoms with Crippen LogP contribution in [-0.2, 0) is 27.8 Å². The molecular formula is C18H22N4O5. The fourth-order valence-electron chi connectivity index (χ4n) is 2.43. The SMILES string of the molecule is CCCCNC(=O)NC(=O)COC(=O)Cc1nn(C)c(=O)c2ccccc12. The molecule has 0 atom stereocenters. The molecule has 27 heavy (non-hydrogen) atoms. The molecule has 9 nitrogen and oxygen atoms in total. The van der Waals surface area contributed by atoms with Gasteiger partial charge in [0.05, 0.1) is 17.5 Å². The Kier molecular flexibility index (Phi) is 7.04. The number of aryl methyl sites for hydroxylation is 1. The Balaban J connectivity index is 1.92. The predicted octanol–water partition coefficient (Wildman–Crippen LogP) is 0.645. The summed E-state index contributed by atoms with van der Waals surface area (Å²) in [6.45, 7) is 1.86. The zero-order valence-corrected chi connectivity index (χ0v) is 15.3. The number of carbonyl (C=O) groups excluding carboxylic acids is 3. The number of hydrogen-bond acceptors (Lipinski definition) is 6. The minimum atomic E-state index is -0.726. The number of imide groups is 1. The van der Waals surface area contributed by atoms with E-state index in [-0.39, 0.29) is 12.0 Å². The molecule has 0 saturated heterocycles. The van der Waals surface area contributed by atoms with Crippen LogP contribution in [-0.4, -0.2) is 40.8 Å². The van der Waals surface area contributed by atoms with E-state index in [1.165, 1.54) is 7.05 Å². The number of aromatic nitrogens is 2. The summed E-state index contributed by atoms with van der Waals surface area (Å²) >= 11 is 0. The number of nitrogens with zero attached hydrogens (tertiary/aromatic N) is 2. The summed E-state index contributed by atoms with van der Waals surface area (Å²) in [5.74, 6) is -1.41. The van der Waals surface area contributed by atoms with E-state index in [4.69, 9.17) is 4.74 Å². The standard InChI is InChI=1S/C18H22N4O5/c1-3-4-9-19-18(26)20-15(23)11-27-16(24)10-14-12-7-5-6-8-13(12)17(25)22(2)21-14/h5-8H,3-4,9-11H2,1-2H3,(H2,19,20,23,26). The van der Waals surface area contributed by atoms with Crippen LogP contribution in [0.2, 0.25) is 0 Å². The van der Waals surface area contributed by atoms with Gasteiger partial charge in [-0.3, -0.25) is 19.7 Å². The van der Waals surface area contributed by atoms with Gasteiger partial charge in [0.1, 0.15) is 0 Å². The molecule has 0 radical (unpaired) electrons. The molecule has 0 aliphatic carbocycles. The molecule has 1 aromatic heterocycles. The van der Waals surface area contributed by atoms with Crippen molar-refractivity contribution in [3.05, 3.63) is 40.3 Å². The van der Waals surface area contributed by atoms with Crippen molar-refractivity contribution in [1.29, 1.82) is 0 Å². The molecule has 0 saturated carbocycles. The Bertz CT molecular complexity index is 906. The van der Waals surface area contributed by atoms with Crippen molar-refractivity contribution in [1.82, 2.24) is 20.4 Å². The summed E-state index contributed by atoms with van der Waals surface area (Å²) < 4.78 is 6.05. The normalized spacial score (nSPS) is 10.4. The Morgan fingerprint density at radius 1 is 1.19 bits per heavy atom. The zero-order chi connectivity index (χ0) is 19.8. The van der Waals surface area contributed by atoms with E-state index in [0.717, 1.165) is 17.5 Å². The average Bonchev–Trinajstić information content (AvgIpc) is 2.64. The van der Waals surface area contributed by atoms with Gasteiger partial charge < -0.3 is 10.1 Å². The maximum absolute atomic E-state index is 12.1. The first-order valence-corrected chi connectivity index (χ1v) is 8.60. The van der Waals surface area contributed by atoms with Gasteiger partial charge >= 0.3 is 12.0 Å². The van der Waals surface area contributed by atoms with Crippen molar-refractivity contribution < 1.29 is 19.1 Å². The van der Waals surface area contributed by atoms with Crippen LogP contribution in [0.5, 0.6) is 0 Å². The molecule has 2 N–H and O–H groups in total. The van der Waals surface area contributed by atoms with Crippen LogP contribution in [0.3, 0.4) is 0 Å². The molecule has 0 bridgehead atoms. The number of fused-ring (bicyclic) bond motifs is 1. The number of hydrogen-bond donors (Lipinski definition) is 2. The fourth-order valence-corrected chi connectivity index (χ4v) is 2.43. The number of rotatable bonds is 7. The number of esters is 1. The molecule has 144 valence electrons. The summed E-state index contributed by atoms with van der Waals surface area (Å²) in [5.41, 5.74) is 0.103. The first-order chi connectivity index (χ1) is 12.9. The predicted molar refractivity (Wildman–Crippen MR) is 98.1 cm³/mol. The highest BCUT2D eigenvalue weighted by Gasteiger charge is 2.15. The maximum Gasteiger partial charge on any atom is 0.321 e. The van der Waals surface area contributed by atoms with Crippen LogP contribution >= 0.6 is 0 Å². The Morgan fingerprint density at radius 3 is 2.59 bits per heavy atom. The summed E-state index contributed by atoms with van der Waals surface area (Å²) in [4.78, 5) is 47.2. The molecular weight excluding hydrogens is 352 g/mol. The van der Waals surface area contributed by atoms with Crippen molar-refractivity contribution >= 4 is 28.7 Å². The smallest absolute Gasteiger partial charge is 0.321 e. The molecule has 1 aromatic carbocycles. The van der Waals surface area contributed by atoms with Gasteiger partial charge in [-0.15, -0.1) is 0 Å². The Morgan fingerprint density at radius 2 is 1.89 bits per heavy atom. The summed E-state index contributed by atoms with van der Waals surface area (Å²) in [6, 6.07) is 6.18. The van der Waals surface area contributed by atoms with E-state index in [0.29, 0.717) is 23.0 Å². The largest absolute Gasteiger partial charge is 0.455 e. The number of unbranched alkanes of at least 4 members (excludes halogenated alkanes) is 1. The first kappa shape index (κ1) is 20.1. The van der Waals surface area contributed by atoms with Crippen molar-refractivity contribution in [3.8, 4) is 0 Å². The highest BCUT2D eigenvalue weighted by atomic mass is 16.5. The van der Waals surface area contributed by atoms with E-state index in [1.807, 2.05) is 6.92 Å². The van der Waals surface area contributed by atoms with E-state index in [1.54, 1.807) is 24.3 Å². The molecule has 0 unspecified atom stereocenters. The highest BCUT2D eigenvalue weighted by Crippen LogP contribution is 2.13. The van der Waals surface area contributed by atoms with Crippen LogP contribution in [0.15, 0.2) is 29.1 Å². The van der Waals surface area contributed by atoms with Crippen LogP contribution in [0.25, 0.3) is 10.8 Å². The highest BCUT2D eigenvalue weighted by molar-refractivity contribution is 5.95. The van der Waals surface area contributed by atoms with Crippen molar-refractivity contribution in [2.75, 3.05) is 13.2 Å². The lowest BCUT2D eigenvalue weighted by atomic mass is 10.1. The molecule has 0 aliphatic heterocycles. The van der Waals surface area contributed by atoms with Gasteiger partial charge in [-0.05, 0) is 12.5 Å². The molecule has 1 heterocycles. The third-order valence-corrected chi connectivity index (χ3v) is 3.78. The second-order valence-electron chi connectivity index (χ2n) is 5.92. The monoisotopic (exact) mass is 374 g/mol. The third kappa shape index (κ3) is 5.63. The molecule has 3 amide bonds. The van der Waals surface area contributed by atoms with Crippen molar-refractivity contribution in [2.45, 2.75) is 26.2 Å². The number of nitrogens with one attached hydrogen (secondary N) is 2. The van der Waals surface area contributed by atoms with Crippen LogP contribution in [0.1, 0.15) is 25.5 Å². The van der Waals surface area contributed by atoms with Gasteiger partial charge in [-0.2, -0.15) is 5.10 Å². The topological polar surface area (TPSA) is 119 Å². The second-order valence-corrected chi connectivity index (χ2v) is 5.92. The number of urea groups is 1. The third-order valence-electron chi connectivity index (χ3n) is 3.78. The van der Waals surface area contributed by atoms with Gasteiger partial charge in [0.15, 0.2) is 6.61 Å². The van der Waals surface area contributed by atoms with Gasteiger partial charge in [-0.25, -0.2) is 9.48 Å². The quantitative estimate of drug-likeness (QED) is 0.542. The zero-order valence-electron chi connectivity index (χ0n) is 15.3. The first-order valence-electron chi connectivity index (χ1n) is 8.60. The molecule has 0 aliphatic rings. The number of ether oxygens (including phenoxy) is 1. The number of amides is 3. The molecule has 0 fully saturated rings. The summed E-state index contributed by atoms with van der Waals surface area (Å²) in [5, 5.41) is 9.69. The van der Waals surface area contributed by atoms with Gasteiger partial charge in [0, 0.05) is 19.0 Å². The molecule has 9 heteroatoms. The lowest BCUT2D eigenvalue weighted by Crippen LogP contribution is -2.41. The van der Waals surface area contributed by atoms with E-state index in [9.17, 15) is 19.2 Å². The molecule has 2 rings (SSSR count). The minimum absolute atomic E-state index is 0.204. The van der Waals surface area contributed by atoms with E-state index < -0.39 is 24.5 Å². The van der Waals surface area contributed by atoms with Crippen LogP contribution < -0.4 is 16.2 Å². The number of benzene rings is 1. The van der Waals surface area contributed by atoms with Crippen LogP contribution in [0.4, 0.5) is 4.79 Å².